The Bertz CT molecular complexity index is 1280. The zero-order valence-corrected chi connectivity index (χ0v) is 23.1. The van der Waals surface area contributed by atoms with Crippen LogP contribution in [0.5, 0.6) is 0 Å². The van der Waals surface area contributed by atoms with Gasteiger partial charge in [0.15, 0.2) is 0 Å². The number of carbonyl (C=O) groups is 3. The third-order valence-electron chi connectivity index (χ3n) is 7.90. The number of carbonyl (C=O) groups excluding carboxylic acids is 2. The number of rotatable bonds is 10. The topological polar surface area (TPSA) is 137 Å². The Kier molecular flexibility index (Phi) is 9.32. The molecule has 1 aromatic heterocycles. The van der Waals surface area contributed by atoms with Gasteiger partial charge in [0.05, 0.1) is 23.2 Å². The lowest BCUT2D eigenvalue weighted by Crippen LogP contribution is -2.59. The highest BCUT2D eigenvalue weighted by molar-refractivity contribution is 5.93. The van der Waals surface area contributed by atoms with Crippen molar-refractivity contribution < 1.29 is 37.4 Å². The second kappa shape index (κ2) is 12.6. The van der Waals surface area contributed by atoms with Crippen molar-refractivity contribution in [3.05, 3.63) is 30.1 Å². The Labute approximate surface area is 235 Å². The monoisotopic (exact) mass is 580 g/mol. The zero-order chi connectivity index (χ0) is 29.9. The minimum atomic E-state index is -4.54. The van der Waals surface area contributed by atoms with Crippen molar-refractivity contribution >= 4 is 34.5 Å². The molecule has 2 aliphatic rings. The molecule has 41 heavy (non-hydrogen) atoms. The summed E-state index contributed by atoms with van der Waals surface area (Å²) >= 11 is 0. The van der Waals surface area contributed by atoms with Gasteiger partial charge in [-0.25, -0.2) is 14.8 Å². The average molecular weight is 581 g/mol. The lowest BCUT2D eigenvalue weighted by Gasteiger charge is -2.44. The summed E-state index contributed by atoms with van der Waals surface area (Å²) in [5.74, 6) is -1.74. The molecule has 11 nitrogen and oxygen atoms in total. The van der Waals surface area contributed by atoms with Crippen LogP contribution in [0.4, 0.5) is 19.0 Å². The molecule has 224 valence electrons. The molecular formula is C27H35F3N6O5. The van der Waals surface area contributed by atoms with E-state index < -0.39 is 48.9 Å². The minimum absolute atomic E-state index is 0.143. The molecule has 2 aromatic rings. The van der Waals surface area contributed by atoms with Crippen LogP contribution < -0.4 is 10.6 Å². The highest BCUT2D eigenvalue weighted by Gasteiger charge is 2.43. The average Bonchev–Trinajstić information content (AvgIpc) is 3.26. The van der Waals surface area contributed by atoms with E-state index in [0.29, 0.717) is 31.3 Å². The molecule has 4 rings (SSSR count). The Balaban J connectivity index is 1.50. The summed E-state index contributed by atoms with van der Waals surface area (Å²) < 4.78 is 45.0. The van der Waals surface area contributed by atoms with Crippen LogP contribution in [-0.4, -0.2) is 99.7 Å². The summed E-state index contributed by atoms with van der Waals surface area (Å²) in [6.45, 7) is 3.53. The lowest BCUT2D eigenvalue weighted by molar-refractivity contribution is -0.144. The van der Waals surface area contributed by atoms with E-state index >= 15 is 0 Å². The fourth-order valence-electron chi connectivity index (χ4n) is 5.61. The number of aromatic nitrogens is 2. The number of likely N-dealkylation sites (tertiary alicyclic amines) is 1. The van der Waals surface area contributed by atoms with E-state index in [1.165, 1.54) is 12.4 Å². The summed E-state index contributed by atoms with van der Waals surface area (Å²) in [6, 6.07) is 2.21. The van der Waals surface area contributed by atoms with Crippen molar-refractivity contribution in [3.8, 4) is 0 Å². The zero-order valence-electron chi connectivity index (χ0n) is 23.1. The molecule has 0 radical (unpaired) electrons. The summed E-state index contributed by atoms with van der Waals surface area (Å²) in [4.78, 5) is 49.1. The van der Waals surface area contributed by atoms with Crippen molar-refractivity contribution in [2.45, 2.75) is 75.9 Å². The molecule has 3 N–H and O–H groups in total. The first-order chi connectivity index (χ1) is 19.3. The summed E-state index contributed by atoms with van der Waals surface area (Å²) in [5, 5.41) is 14.9. The summed E-state index contributed by atoms with van der Waals surface area (Å²) in [5.41, 5.74) is -0.519. The molecule has 1 aromatic carbocycles. The highest BCUT2D eigenvalue weighted by atomic mass is 19.4. The van der Waals surface area contributed by atoms with Gasteiger partial charge in [-0.15, -0.1) is 0 Å². The first kappa shape index (κ1) is 30.4. The van der Waals surface area contributed by atoms with Gasteiger partial charge in [0.1, 0.15) is 31.4 Å². The van der Waals surface area contributed by atoms with Gasteiger partial charge in [-0.1, -0.05) is 0 Å². The molecule has 2 fully saturated rings. The molecule has 4 atom stereocenters. The largest absolute Gasteiger partial charge is 0.480 e. The predicted molar refractivity (Wildman–Crippen MR) is 143 cm³/mol. The Morgan fingerprint density at radius 1 is 1.20 bits per heavy atom. The molecule has 14 heteroatoms. The van der Waals surface area contributed by atoms with E-state index in [1.54, 1.807) is 4.90 Å². The van der Waals surface area contributed by atoms with E-state index in [0.717, 1.165) is 18.6 Å². The van der Waals surface area contributed by atoms with Crippen LogP contribution in [0.25, 0.3) is 10.9 Å². The van der Waals surface area contributed by atoms with Crippen LogP contribution >= 0.6 is 0 Å². The SMILES string of the molecule is CC(C)N(C)[C@@H]1CC[C@H](N2CC[C@H](Nc3ncnc4ccc(C(F)(F)F)cc34)C2=O)[C@H](NC(=O)COCC(=O)O)C1. The van der Waals surface area contributed by atoms with E-state index in [9.17, 15) is 27.6 Å². The summed E-state index contributed by atoms with van der Waals surface area (Å²) in [7, 11) is 2.02. The Morgan fingerprint density at radius 2 is 1.95 bits per heavy atom. The van der Waals surface area contributed by atoms with Gasteiger partial charge >= 0.3 is 12.1 Å². The number of amides is 2. The van der Waals surface area contributed by atoms with Crippen LogP contribution in [0, 0.1) is 0 Å². The number of aliphatic carboxylic acids is 1. The third-order valence-corrected chi connectivity index (χ3v) is 7.90. The second-order valence-electron chi connectivity index (χ2n) is 10.8. The fourth-order valence-corrected chi connectivity index (χ4v) is 5.61. The van der Waals surface area contributed by atoms with Gasteiger partial charge in [-0.05, 0) is 64.8 Å². The standard InChI is InChI=1S/C27H35F3N6O5/c1-15(2)35(3)17-5-7-22(21(11-17)33-23(37)12-41-13-24(38)39)36-9-8-20(26(36)40)34-25-18-10-16(27(28,29)30)4-6-19(18)31-14-32-25/h4,6,10,14-15,17,20-22H,5,7-9,11-13H2,1-3H3,(H,33,37)(H,38,39)(H,31,32,34)/t17-,20+,21-,22+/m1/s1. The van der Waals surface area contributed by atoms with Crippen LogP contribution in [0.15, 0.2) is 24.5 Å². The molecule has 0 spiro atoms. The highest BCUT2D eigenvalue weighted by Crippen LogP contribution is 2.34. The maximum absolute atomic E-state index is 13.6. The van der Waals surface area contributed by atoms with Crippen LogP contribution in [0.3, 0.4) is 0 Å². The quantitative estimate of drug-likeness (QED) is 0.387. The maximum Gasteiger partial charge on any atom is 0.416 e. The van der Waals surface area contributed by atoms with Gasteiger partial charge in [0.2, 0.25) is 11.8 Å². The second-order valence-corrected chi connectivity index (χ2v) is 10.8. The number of anilines is 1. The molecule has 1 saturated carbocycles. The van der Waals surface area contributed by atoms with E-state index in [2.05, 4.69) is 39.3 Å². The molecule has 2 amide bonds. The molecular weight excluding hydrogens is 545 g/mol. The van der Waals surface area contributed by atoms with Gasteiger partial charge in [0, 0.05) is 24.0 Å². The smallest absolute Gasteiger partial charge is 0.416 e. The normalized spacial score (nSPS) is 23.4. The predicted octanol–water partition coefficient (Wildman–Crippen LogP) is 2.51. The summed E-state index contributed by atoms with van der Waals surface area (Å²) in [6.07, 6.45) is -0.881. The van der Waals surface area contributed by atoms with Crippen molar-refractivity contribution in [3.63, 3.8) is 0 Å². The first-order valence-electron chi connectivity index (χ1n) is 13.5. The number of hydrogen-bond acceptors (Lipinski definition) is 8. The first-order valence-corrected chi connectivity index (χ1v) is 13.5. The number of fused-ring (bicyclic) bond motifs is 1. The van der Waals surface area contributed by atoms with Gasteiger partial charge in [-0.2, -0.15) is 13.2 Å². The van der Waals surface area contributed by atoms with Crippen molar-refractivity contribution in [1.29, 1.82) is 0 Å². The molecule has 2 heterocycles. The number of ether oxygens (including phenoxy) is 1. The number of carboxylic acids is 1. The fraction of sp³-hybridized carbons (Fsp3) is 0.593. The number of benzene rings is 1. The van der Waals surface area contributed by atoms with E-state index in [4.69, 9.17) is 9.84 Å². The number of alkyl halides is 3. The maximum atomic E-state index is 13.6. The number of carboxylic acid groups (broad SMARTS) is 1. The number of nitrogens with zero attached hydrogens (tertiary/aromatic N) is 4. The number of halogens is 3. The molecule has 1 saturated heterocycles. The van der Waals surface area contributed by atoms with Crippen LogP contribution in [-0.2, 0) is 25.3 Å². The lowest BCUT2D eigenvalue weighted by atomic mass is 9.84. The molecule has 0 bridgehead atoms. The Morgan fingerprint density at radius 3 is 2.63 bits per heavy atom. The van der Waals surface area contributed by atoms with E-state index in [1.807, 2.05) is 7.05 Å². The van der Waals surface area contributed by atoms with Gasteiger partial charge in [0.25, 0.3) is 0 Å². The molecule has 1 aliphatic carbocycles. The van der Waals surface area contributed by atoms with Gasteiger partial charge < -0.3 is 30.3 Å². The van der Waals surface area contributed by atoms with Crippen LogP contribution in [0.1, 0.15) is 45.1 Å². The van der Waals surface area contributed by atoms with E-state index in [-0.39, 0.29) is 35.2 Å². The molecule has 0 unspecified atom stereocenters. The minimum Gasteiger partial charge on any atom is -0.480 e. The molecule has 1 aliphatic heterocycles. The van der Waals surface area contributed by atoms with Crippen molar-refractivity contribution in [1.82, 2.24) is 25.1 Å². The van der Waals surface area contributed by atoms with Crippen molar-refractivity contribution in [2.75, 3.05) is 32.1 Å². The third kappa shape index (κ3) is 7.22. The number of nitrogens with one attached hydrogen (secondary N) is 2. The number of hydrogen-bond donors (Lipinski definition) is 3. The van der Waals surface area contributed by atoms with Crippen molar-refractivity contribution in [2.24, 2.45) is 0 Å². The van der Waals surface area contributed by atoms with Crippen LogP contribution in [0.2, 0.25) is 0 Å². The Hall–Kier alpha value is -3.52. The van der Waals surface area contributed by atoms with Gasteiger partial charge in [-0.3, -0.25) is 9.59 Å².